The molecule has 0 amide bonds. The molecular formula is C25H36Br2O4. The number of fused-ring (bicyclic) bond motifs is 1. The van der Waals surface area contributed by atoms with E-state index in [1.54, 1.807) is 14.2 Å². The van der Waals surface area contributed by atoms with Gasteiger partial charge in [-0.05, 0) is 88.4 Å². The molecule has 0 aromatic heterocycles. The molecule has 0 unspecified atom stereocenters. The first kappa shape index (κ1) is 25.1. The number of halogens is 2. The Bertz CT molecular complexity index is 794. The van der Waals surface area contributed by atoms with E-state index in [0.717, 1.165) is 34.4 Å². The van der Waals surface area contributed by atoms with Gasteiger partial charge in [-0.3, -0.25) is 0 Å². The van der Waals surface area contributed by atoms with Crippen LogP contribution in [0.1, 0.15) is 52.0 Å². The lowest BCUT2D eigenvalue weighted by Gasteiger charge is -2.60. The summed E-state index contributed by atoms with van der Waals surface area (Å²) in [4.78, 5) is 0.534. The molecule has 0 N–H and O–H groups in total. The summed E-state index contributed by atoms with van der Waals surface area (Å²) in [5.41, 5.74) is 2.89. The lowest BCUT2D eigenvalue weighted by Crippen LogP contribution is -2.55. The molecule has 2 aliphatic carbocycles. The lowest BCUT2D eigenvalue weighted by molar-refractivity contribution is -0.0553. The van der Waals surface area contributed by atoms with Crippen molar-refractivity contribution in [3.8, 4) is 11.5 Å². The van der Waals surface area contributed by atoms with Crippen molar-refractivity contribution in [2.24, 2.45) is 22.7 Å². The molecule has 0 saturated heterocycles. The molecule has 2 aliphatic rings. The van der Waals surface area contributed by atoms with Crippen molar-refractivity contribution in [3.63, 3.8) is 0 Å². The van der Waals surface area contributed by atoms with E-state index in [1.165, 1.54) is 24.8 Å². The van der Waals surface area contributed by atoms with Crippen molar-refractivity contribution in [1.82, 2.24) is 0 Å². The van der Waals surface area contributed by atoms with E-state index in [4.69, 9.17) is 18.9 Å². The van der Waals surface area contributed by atoms with E-state index in [1.807, 2.05) is 6.07 Å². The van der Waals surface area contributed by atoms with Crippen molar-refractivity contribution in [3.05, 3.63) is 34.3 Å². The summed E-state index contributed by atoms with van der Waals surface area (Å²) >= 11 is 7.63. The summed E-state index contributed by atoms with van der Waals surface area (Å²) in [5.74, 6) is 2.66. The van der Waals surface area contributed by atoms with E-state index in [-0.39, 0.29) is 24.4 Å². The third-order valence-corrected chi connectivity index (χ3v) is 10.0. The van der Waals surface area contributed by atoms with Crippen LogP contribution in [0.5, 0.6) is 11.5 Å². The largest absolute Gasteiger partial charge is 0.467 e. The number of benzene rings is 1. The van der Waals surface area contributed by atoms with Gasteiger partial charge >= 0.3 is 0 Å². The molecule has 1 aromatic carbocycles. The normalized spacial score (nSPS) is 30.0. The Morgan fingerprint density at radius 1 is 1.06 bits per heavy atom. The van der Waals surface area contributed by atoms with Crippen molar-refractivity contribution in [2.75, 3.05) is 27.8 Å². The van der Waals surface area contributed by atoms with E-state index in [2.05, 4.69) is 65.3 Å². The Morgan fingerprint density at radius 2 is 1.71 bits per heavy atom. The van der Waals surface area contributed by atoms with Crippen LogP contribution in [-0.2, 0) is 15.9 Å². The zero-order valence-electron chi connectivity index (χ0n) is 19.4. The molecular weight excluding hydrogens is 524 g/mol. The molecule has 0 spiro atoms. The molecule has 2 fully saturated rings. The van der Waals surface area contributed by atoms with E-state index in [9.17, 15) is 0 Å². The van der Waals surface area contributed by atoms with Gasteiger partial charge in [0.15, 0.2) is 13.6 Å². The van der Waals surface area contributed by atoms with Crippen LogP contribution < -0.4 is 9.47 Å². The van der Waals surface area contributed by atoms with Crippen LogP contribution in [0.4, 0.5) is 0 Å². The summed E-state index contributed by atoms with van der Waals surface area (Å²) in [7, 11) is 3.27. The summed E-state index contributed by atoms with van der Waals surface area (Å²) in [6.07, 6.45) is 5.57. The molecule has 0 bridgehead atoms. The maximum absolute atomic E-state index is 6.01. The number of allylic oxidation sites excluding steroid dienone is 1. The molecule has 1 aromatic rings. The van der Waals surface area contributed by atoms with E-state index >= 15 is 0 Å². The topological polar surface area (TPSA) is 36.9 Å². The standard InChI is InChI=1S/C25H36Br2O4/c1-16-7-8-22-24(3,4)23(27)9-10-25(22,17(16)2)13-18-11-21(31-15-29-6)19(26)12-20(18)30-14-28-5/h11-12,17,22-23H,1,7-10,13-15H2,2-6H3/t17-,22-,23+,25+/m1/s1. The lowest BCUT2D eigenvalue weighted by atomic mass is 9.46. The van der Waals surface area contributed by atoms with E-state index < -0.39 is 0 Å². The first-order valence-corrected chi connectivity index (χ1v) is 12.8. The van der Waals surface area contributed by atoms with Crippen LogP contribution in [0.15, 0.2) is 28.8 Å². The molecule has 0 heterocycles. The maximum atomic E-state index is 6.01. The molecule has 0 aliphatic heterocycles. The minimum absolute atomic E-state index is 0.140. The minimum atomic E-state index is 0.140. The molecule has 2 saturated carbocycles. The fraction of sp³-hybridized carbons (Fsp3) is 0.680. The first-order valence-electron chi connectivity index (χ1n) is 11.0. The molecule has 6 heteroatoms. The van der Waals surface area contributed by atoms with Gasteiger partial charge in [0.05, 0.1) is 4.47 Å². The summed E-state index contributed by atoms with van der Waals surface area (Å²) in [6, 6.07) is 4.10. The smallest absolute Gasteiger partial charge is 0.188 e. The Labute approximate surface area is 204 Å². The molecule has 4 nitrogen and oxygen atoms in total. The number of hydrogen-bond donors (Lipinski definition) is 0. The van der Waals surface area contributed by atoms with Gasteiger partial charge in [-0.1, -0.05) is 48.9 Å². The second-order valence-corrected chi connectivity index (χ2v) is 11.7. The van der Waals surface area contributed by atoms with Crippen LogP contribution >= 0.6 is 31.9 Å². The van der Waals surface area contributed by atoms with Crippen molar-refractivity contribution >= 4 is 31.9 Å². The van der Waals surface area contributed by atoms with Crippen molar-refractivity contribution in [1.29, 1.82) is 0 Å². The van der Waals surface area contributed by atoms with Crippen LogP contribution in [0, 0.1) is 22.7 Å². The number of ether oxygens (including phenoxy) is 4. The van der Waals surface area contributed by atoms with Crippen molar-refractivity contribution in [2.45, 2.75) is 57.7 Å². The second kappa shape index (κ2) is 10.1. The van der Waals surface area contributed by atoms with Gasteiger partial charge in [0.25, 0.3) is 0 Å². The highest BCUT2D eigenvalue weighted by Crippen LogP contribution is 2.63. The van der Waals surface area contributed by atoms with Crippen LogP contribution in [-0.4, -0.2) is 32.6 Å². The Hall–Kier alpha value is -0.560. The highest BCUT2D eigenvalue weighted by atomic mass is 79.9. The fourth-order valence-electron chi connectivity index (χ4n) is 5.96. The van der Waals surface area contributed by atoms with Gasteiger partial charge in [-0.25, -0.2) is 0 Å². The molecule has 0 radical (unpaired) electrons. The van der Waals surface area contributed by atoms with Gasteiger partial charge in [0.1, 0.15) is 11.5 Å². The fourth-order valence-corrected chi connectivity index (χ4v) is 6.94. The Morgan fingerprint density at radius 3 is 2.35 bits per heavy atom. The SMILES string of the molecule is C=C1CC[C@@H]2C(C)(C)[C@@H](Br)CC[C@]2(Cc2cc(OCOC)c(Br)cc2OCOC)[C@@H]1C. The molecule has 174 valence electrons. The maximum Gasteiger partial charge on any atom is 0.188 e. The van der Waals surface area contributed by atoms with Crippen LogP contribution in [0.3, 0.4) is 0 Å². The van der Waals surface area contributed by atoms with Crippen LogP contribution in [0.2, 0.25) is 0 Å². The van der Waals surface area contributed by atoms with Crippen LogP contribution in [0.25, 0.3) is 0 Å². The first-order chi connectivity index (χ1) is 14.7. The quantitative estimate of drug-likeness (QED) is 0.193. The zero-order chi connectivity index (χ0) is 22.8. The van der Waals surface area contributed by atoms with Gasteiger partial charge in [0.2, 0.25) is 0 Å². The molecule has 4 atom stereocenters. The van der Waals surface area contributed by atoms with Crippen molar-refractivity contribution < 1.29 is 18.9 Å². The van der Waals surface area contributed by atoms with Gasteiger partial charge in [0, 0.05) is 19.0 Å². The summed E-state index contributed by atoms with van der Waals surface area (Å²) in [6.45, 7) is 12.1. The number of alkyl halides is 1. The average Bonchev–Trinajstić information content (AvgIpc) is 2.73. The predicted molar refractivity (Wildman–Crippen MR) is 132 cm³/mol. The molecule has 31 heavy (non-hydrogen) atoms. The number of methoxy groups -OCH3 is 2. The highest BCUT2D eigenvalue weighted by Gasteiger charge is 2.56. The van der Waals surface area contributed by atoms with Gasteiger partial charge in [-0.15, -0.1) is 0 Å². The van der Waals surface area contributed by atoms with E-state index in [0.29, 0.717) is 16.7 Å². The molecule has 3 rings (SSSR count). The zero-order valence-corrected chi connectivity index (χ0v) is 22.6. The average molecular weight is 560 g/mol. The minimum Gasteiger partial charge on any atom is -0.467 e. The third-order valence-electron chi connectivity index (χ3n) is 7.79. The number of hydrogen-bond acceptors (Lipinski definition) is 4. The third kappa shape index (κ3) is 4.87. The summed E-state index contributed by atoms with van der Waals surface area (Å²) in [5, 5.41) is 0. The Balaban J connectivity index is 2.06. The van der Waals surface area contributed by atoms with Gasteiger partial charge in [-0.2, -0.15) is 0 Å². The van der Waals surface area contributed by atoms with Gasteiger partial charge < -0.3 is 18.9 Å². The number of rotatable bonds is 8. The summed E-state index contributed by atoms with van der Waals surface area (Å²) < 4.78 is 23.0. The Kier molecular flexibility index (Phi) is 8.21. The highest BCUT2D eigenvalue weighted by molar-refractivity contribution is 9.10. The second-order valence-electron chi connectivity index (χ2n) is 9.70. The predicted octanol–water partition coefficient (Wildman–Crippen LogP) is 7.13. The monoisotopic (exact) mass is 558 g/mol.